The van der Waals surface area contributed by atoms with Gasteiger partial charge in [0.1, 0.15) is 5.82 Å². The van der Waals surface area contributed by atoms with E-state index in [0.717, 1.165) is 38.4 Å². The second-order valence-corrected chi connectivity index (χ2v) is 7.21. The van der Waals surface area contributed by atoms with Crippen LogP contribution in [0.2, 0.25) is 0 Å². The highest BCUT2D eigenvalue weighted by atomic mass is 15.3. The molecule has 128 valence electrons. The number of hydrogen-bond acceptors (Lipinski definition) is 4. The normalized spacial score (nSPS) is 23.9. The number of aryl methyl sites for hydroxylation is 1. The number of hydrogen-bond donors (Lipinski definition) is 2. The van der Waals surface area contributed by atoms with E-state index >= 15 is 0 Å². The Balaban J connectivity index is 1.23. The van der Waals surface area contributed by atoms with Gasteiger partial charge in [-0.3, -0.25) is 4.90 Å². The first-order valence-electron chi connectivity index (χ1n) is 9.04. The number of nitrogens with zero attached hydrogens (tertiary/aromatic N) is 3. The van der Waals surface area contributed by atoms with Crippen molar-refractivity contribution in [2.75, 3.05) is 31.5 Å². The first kappa shape index (κ1) is 15.7. The molecule has 2 aliphatic rings. The number of nitrogens with one attached hydrogen (secondary N) is 2. The van der Waals surface area contributed by atoms with E-state index < -0.39 is 0 Å². The van der Waals surface area contributed by atoms with Gasteiger partial charge in [-0.1, -0.05) is 30.3 Å². The van der Waals surface area contributed by atoms with E-state index in [2.05, 4.69) is 68.6 Å². The molecule has 2 aliphatic heterocycles. The molecule has 3 heterocycles. The lowest BCUT2D eigenvalue weighted by Gasteiger charge is -2.26. The minimum absolute atomic E-state index is 0.611. The van der Waals surface area contributed by atoms with Crippen molar-refractivity contribution >= 4 is 5.82 Å². The van der Waals surface area contributed by atoms with Gasteiger partial charge in [0.25, 0.3) is 0 Å². The third kappa shape index (κ3) is 3.62. The molecule has 2 N–H and O–H groups in total. The number of anilines is 1. The summed E-state index contributed by atoms with van der Waals surface area (Å²) in [6, 6.07) is 13.5. The summed E-state index contributed by atoms with van der Waals surface area (Å²) in [7, 11) is 0. The van der Waals surface area contributed by atoms with Gasteiger partial charge in [0.2, 0.25) is 0 Å². The maximum absolute atomic E-state index is 4.56. The van der Waals surface area contributed by atoms with Gasteiger partial charge in [-0.2, -0.15) is 5.10 Å². The summed E-state index contributed by atoms with van der Waals surface area (Å²) in [6.07, 6.45) is 1.25. The highest BCUT2D eigenvalue weighted by Gasteiger charge is 2.24. The summed E-state index contributed by atoms with van der Waals surface area (Å²) < 4.78 is 2.11. The van der Waals surface area contributed by atoms with Gasteiger partial charge in [-0.25, -0.2) is 4.68 Å². The van der Waals surface area contributed by atoms with Crippen molar-refractivity contribution in [3.63, 3.8) is 0 Å². The fraction of sp³-hybridized carbons (Fsp3) is 0.526. The zero-order valence-corrected chi connectivity index (χ0v) is 14.4. The van der Waals surface area contributed by atoms with E-state index in [1.54, 1.807) is 0 Å². The quantitative estimate of drug-likeness (QED) is 0.884. The fourth-order valence-corrected chi connectivity index (χ4v) is 3.84. The minimum Gasteiger partial charge on any atom is -0.370 e. The third-order valence-electron chi connectivity index (χ3n) is 5.12. The van der Waals surface area contributed by atoms with Crippen molar-refractivity contribution in [3.8, 4) is 0 Å². The Hall–Kier alpha value is -1.85. The van der Waals surface area contributed by atoms with Crippen LogP contribution in [0, 0.1) is 12.8 Å². The lowest BCUT2D eigenvalue weighted by molar-refractivity contribution is 0.312. The van der Waals surface area contributed by atoms with Crippen LogP contribution in [0.5, 0.6) is 0 Å². The smallest absolute Gasteiger partial charge is 0.124 e. The molecule has 1 fully saturated rings. The molecule has 24 heavy (non-hydrogen) atoms. The van der Waals surface area contributed by atoms with Crippen LogP contribution in [0.15, 0.2) is 36.4 Å². The molecule has 1 saturated heterocycles. The Labute approximate surface area is 144 Å². The Kier molecular flexibility index (Phi) is 4.54. The average Bonchev–Trinajstić information content (AvgIpc) is 3.18. The minimum atomic E-state index is 0.611. The van der Waals surface area contributed by atoms with Crippen LogP contribution in [0.3, 0.4) is 0 Å². The van der Waals surface area contributed by atoms with Crippen molar-refractivity contribution in [1.29, 1.82) is 0 Å². The second-order valence-electron chi connectivity index (χ2n) is 7.21. The second kappa shape index (κ2) is 6.95. The van der Waals surface area contributed by atoms with E-state index in [1.165, 1.54) is 24.3 Å². The number of fused-ring (bicyclic) bond motifs is 1. The van der Waals surface area contributed by atoms with E-state index in [9.17, 15) is 0 Å². The van der Waals surface area contributed by atoms with Crippen LogP contribution in [-0.4, -0.2) is 46.9 Å². The van der Waals surface area contributed by atoms with Crippen molar-refractivity contribution in [3.05, 3.63) is 47.7 Å². The summed E-state index contributed by atoms with van der Waals surface area (Å²) in [5, 5.41) is 11.8. The number of aromatic nitrogens is 2. The Morgan fingerprint density at radius 1 is 1.25 bits per heavy atom. The lowest BCUT2D eigenvalue weighted by atomic mass is 10.1. The van der Waals surface area contributed by atoms with E-state index in [1.807, 2.05) is 0 Å². The first-order chi connectivity index (χ1) is 11.8. The molecule has 0 bridgehead atoms. The maximum Gasteiger partial charge on any atom is 0.124 e. The zero-order valence-electron chi connectivity index (χ0n) is 14.4. The van der Waals surface area contributed by atoms with Gasteiger partial charge < -0.3 is 10.6 Å². The van der Waals surface area contributed by atoms with Crippen molar-refractivity contribution in [1.82, 2.24) is 20.0 Å². The molecule has 4 rings (SSSR count). The average molecular weight is 325 g/mol. The van der Waals surface area contributed by atoms with Crippen molar-refractivity contribution in [2.24, 2.45) is 5.92 Å². The van der Waals surface area contributed by atoms with Crippen molar-refractivity contribution < 1.29 is 0 Å². The molecule has 0 saturated carbocycles. The number of benzene rings is 1. The SMILES string of the molecule is Cc1cc2n(n1)CC(CNC1CCN(Cc3ccccc3)C1)CN2. The summed E-state index contributed by atoms with van der Waals surface area (Å²) in [5.41, 5.74) is 2.51. The van der Waals surface area contributed by atoms with Crippen LogP contribution in [0.1, 0.15) is 17.7 Å². The van der Waals surface area contributed by atoms with E-state index in [0.29, 0.717) is 12.0 Å². The van der Waals surface area contributed by atoms with Crippen LogP contribution in [0.25, 0.3) is 0 Å². The van der Waals surface area contributed by atoms with Gasteiger partial charge in [-0.15, -0.1) is 0 Å². The lowest BCUT2D eigenvalue weighted by Crippen LogP contribution is -2.40. The van der Waals surface area contributed by atoms with Gasteiger partial charge in [0, 0.05) is 57.3 Å². The summed E-state index contributed by atoms with van der Waals surface area (Å²) >= 11 is 0. The molecule has 1 aromatic heterocycles. The van der Waals surface area contributed by atoms with Crippen molar-refractivity contribution in [2.45, 2.75) is 32.5 Å². The molecule has 5 nitrogen and oxygen atoms in total. The molecular weight excluding hydrogens is 298 g/mol. The Morgan fingerprint density at radius 2 is 2.12 bits per heavy atom. The molecule has 0 amide bonds. The summed E-state index contributed by atoms with van der Waals surface area (Å²) in [5.74, 6) is 1.78. The Bertz CT molecular complexity index is 666. The van der Waals surface area contributed by atoms with Gasteiger partial charge in [0.05, 0.1) is 5.69 Å². The maximum atomic E-state index is 4.56. The molecule has 0 spiro atoms. The Morgan fingerprint density at radius 3 is 3.00 bits per heavy atom. The van der Waals surface area contributed by atoms with Crippen LogP contribution >= 0.6 is 0 Å². The first-order valence-corrected chi connectivity index (χ1v) is 9.04. The van der Waals surface area contributed by atoms with Gasteiger partial charge in [-0.05, 0) is 18.9 Å². The zero-order chi connectivity index (χ0) is 16.4. The van der Waals surface area contributed by atoms with E-state index in [-0.39, 0.29) is 0 Å². The molecule has 0 radical (unpaired) electrons. The van der Waals surface area contributed by atoms with Gasteiger partial charge in [0.15, 0.2) is 0 Å². The number of rotatable bonds is 5. The molecule has 5 heteroatoms. The highest BCUT2D eigenvalue weighted by molar-refractivity contribution is 5.38. The largest absolute Gasteiger partial charge is 0.370 e. The van der Waals surface area contributed by atoms with Crippen LogP contribution in [0.4, 0.5) is 5.82 Å². The monoisotopic (exact) mass is 325 g/mol. The molecule has 2 aromatic rings. The molecule has 2 atom stereocenters. The fourth-order valence-electron chi connectivity index (χ4n) is 3.84. The molecule has 1 aromatic carbocycles. The van der Waals surface area contributed by atoms with E-state index in [4.69, 9.17) is 0 Å². The topological polar surface area (TPSA) is 45.1 Å². The molecular formula is C19H27N5. The predicted molar refractivity (Wildman–Crippen MR) is 97.1 cm³/mol. The van der Waals surface area contributed by atoms with Crippen LogP contribution < -0.4 is 10.6 Å². The predicted octanol–water partition coefficient (Wildman–Crippen LogP) is 2.10. The third-order valence-corrected chi connectivity index (χ3v) is 5.12. The summed E-state index contributed by atoms with van der Waals surface area (Å²) in [4.78, 5) is 2.56. The standard InChI is InChI=1S/C19H27N5/c1-15-9-19-21-11-17(13-24(19)22-15)10-20-18-7-8-23(14-18)12-16-5-3-2-4-6-16/h2-6,9,17-18,20-21H,7-8,10-14H2,1H3. The highest BCUT2D eigenvalue weighted by Crippen LogP contribution is 2.19. The summed E-state index contributed by atoms with van der Waals surface area (Å²) in [6.45, 7) is 8.59. The number of likely N-dealkylation sites (tertiary alicyclic amines) is 1. The van der Waals surface area contributed by atoms with Crippen LogP contribution in [-0.2, 0) is 13.1 Å². The molecule has 0 aliphatic carbocycles. The van der Waals surface area contributed by atoms with Gasteiger partial charge >= 0.3 is 0 Å². The molecule has 2 unspecified atom stereocenters.